The third-order valence-electron chi connectivity index (χ3n) is 2.59. The van der Waals surface area contributed by atoms with Gasteiger partial charge in [0.1, 0.15) is 0 Å². The van der Waals surface area contributed by atoms with Gasteiger partial charge in [-0.1, -0.05) is 6.92 Å². The Hall–Kier alpha value is -1.56. The summed E-state index contributed by atoms with van der Waals surface area (Å²) < 4.78 is 3.46. The maximum atomic E-state index is 12.0. The SMILES string of the molecule is CCCn1ccn(Cc2cnc(NCC)s2)c1=O. The van der Waals surface area contributed by atoms with E-state index in [0.717, 1.165) is 29.5 Å². The molecule has 0 aromatic carbocycles. The number of hydrogen-bond acceptors (Lipinski definition) is 4. The number of aromatic nitrogens is 3. The molecule has 2 aromatic rings. The molecule has 0 bridgehead atoms. The summed E-state index contributed by atoms with van der Waals surface area (Å²) in [4.78, 5) is 17.3. The van der Waals surface area contributed by atoms with Crippen LogP contribution in [0.25, 0.3) is 0 Å². The van der Waals surface area contributed by atoms with Gasteiger partial charge in [0.25, 0.3) is 0 Å². The van der Waals surface area contributed by atoms with E-state index >= 15 is 0 Å². The molecule has 2 rings (SSSR count). The average molecular weight is 266 g/mol. The Labute approximate surface area is 110 Å². The molecule has 18 heavy (non-hydrogen) atoms. The lowest BCUT2D eigenvalue weighted by atomic mass is 10.5. The van der Waals surface area contributed by atoms with Crippen LogP contribution >= 0.6 is 11.3 Å². The molecule has 6 heteroatoms. The highest BCUT2D eigenvalue weighted by Gasteiger charge is 2.06. The molecule has 2 aromatic heterocycles. The van der Waals surface area contributed by atoms with E-state index in [-0.39, 0.29) is 5.69 Å². The van der Waals surface area contributed by atoms with Gasteiger partial charge < -0.3 is 5.32 Å². The van der Waals surface area contributed by atoms with Crippen molar-refractivity contribution in [2.45, 2.75) is 33.4 Å². The largest absolute Gasteiger partial charge is 0.362 e. The van der Waals surface area contributed by atoms with Gasteiger partial charge in [-0.2, -0.15) is 0 Å². The first kappa shape index (κ1) is 12.9. The molecule has 98 valence electrons. The van der Waals surface area contributed by atoms with Crippen LogP contribution in [0.2, 0.25) is 0 Å². The number of imidazole rings is 1. The standard InChI is InChI=1S/C12H18N4OS/c1-3-5-15-6-7-16(12(15)17)9-10-8-14-11(18-10)13-4-2/h6-8H,3-5,9H2,1-2H3,(H,13,14). The highest BCUT2D eigenvalue weighted by atomic mass is 32.1. The van der Waals surface area contributed by atoms with Gasteiger partial charge in [0, 0.05) is 36.6 Å². The lowest BCUT2D eigenvalue weighted by molar-refractivity contribution is 0.625. The van der Waals surface area contributed by atoms with Crippen molar-refractivity contribution in [3.05, 3.63) is 34.0 Å². The lowest BCUT2D eigenvalue weighted by Gasteiger charge is -1.99. The van der Waals surface area contributed by atoms with Crippen LogP contribution in [0.1, 0.15) is 25.1 Å². The van der Waals surface area contributed by atoms with E-state index in [1.807, 2.05) is 25.5 Å². The zero-order valence-corrected chi connectivity index (χ0v) is 11.5. The third kappa shape index (κ3) is 2.81. The summed E-state index contributed by atoms with van der Waals surface area (Å²) in [5.74, 6) is 0. The summed E-state index contributed by atoms with van der Waals surface area (Å²) in [5, 5.41) is 4.08. The summed E-state index contributed by atoms with van der Waals surface area (Å²) >= 11 is 1.59. The molecule has 1 N–H and O–H groups in total. The molecule has 0 saturated heterocycles. The number of thiazole rings is 1. The van der Waals surface area contributed by atoms with Crippen LogP contribution in [0.3, 0.4) is 0 Å². The van der Waals surface area contributed by atoms with Gasteiger partial charge in [0.05, 0.1) is 6.54 Å². The molecule has 0 unspecified atom stereocenters. The van der Waals surface area contributed by atoms with Gasteiger partial charge in [-0.3, -0.25) is 9.13 Å². The predicted octanol–water partition coefficient (Wildman–Crippen LogP) is 2.00. The van der Waals surface area contributed by atoms with Crippen molar-refractivity contribution < 1.29 is 0 Å². The van der Waals surface area contributed by atoms with E-state index in [1.54, 1.807) is 20.5 Å². The van der Waals surface area contributed by atoms with Gasteiger partial charge in [-0.25, -0.2) is 9.78 Å². The van der Waals surface area contributed by atoms with Gasteiger partial charge in [-0.15, -0.1) is 11.3 Å². The molecule has 5 nitrogen and oxygen atoms in total. The number of rotatable bonds is 6. The third-order valence-corrected chi connectivity index (χ3v) is 3.53. The number of hydrogen-bond donors (Lipinski definition) is 1. The molecular weight excluding hydrogens is 248 g/mol. The number of nitrogens with one attached hydrogen (secondary N) is 1. The minimum Gasteiger partial charge on any atom is -0.362 e. The molecular formula is C12H18N4OS. The topological polar surface area (TPSA) is 51.9 Å². The fourth-order valence-electron chi connectivity index (χ4n) is 1.77. The van der Waals surface area contributed by atoms with Crippen LogP contribution in [0, 0.1) is 0 Å². The first-order valence-corrected chi connectivity index (χ1v) is 7.00. The van der Waals surface area contributed by atoms with Crippen LogP contribution in [0.5, 0.6) is 0 Å². The number of anilines is 1. The minimum atomic E-state index is 0.0512. The lowest BCUT2D eigenvalue weighted by Crippen LogP contribution is -2.24. The zero-order valence-electron chi connectivity index (χ0n) is 10.7. The second-order valence-electron chi connectivity index (χ2n) is 4.06. The molecule has 0 aliphatic carbocycles. The number of aryl methyl sites for hydroxylation is 1. The van der Waals surface area contributed by atoms with E-state index in [9.17, 15) is 4.79 Å². The van der Waals surface area contributed by atoms with Crippen LogP contribution < -0.4 is 11.0 Å². The van der Waals surface area contributed by atoms with Crippen molar-refractivity contribution >= 4 is 16.5 Å². The van der Waals surface area contributed by atoms with Crippen LogP contribution in [0.15, 0.2) is 23.4 Å². The Balaban J connectivity index is 2.10. The van der Waals surface area contributed by atoms with Gasteiger partial charge >= 0.3 is 5.69 Å². The quantitative estimate of drug-likeness (QED) is 0.870. The van der Waals surface area contributed by atoms with E-state index in [2.05, 4.69) is 17.2 Å². The molecule has 0 aliphatic heterocycles. The van der Waals surface area contributed by atoms with E-state index in [1.165, 1.54) is 0 Å². The van der Waals surface area contributed by atoms with E-state index < -0.39 is 0 Å². The summed E-state index contributed by atoms with van der Waals surface area (Å²) in [7, 11) is 0. The molecule has 0 fully saturated rings. The van der Waals surface area contributed by atoms with E-state index in [0.29, 0.717) is 6.54 Å². The Kier molecular flexibility index (Phi) is 4.19. The monoisotopic (exact) mass is 266 g/mol. The Morgan fingerprint density at radius 2 is 2.11 bits per heavy atom. The summed E-state index contributed by atoms with van der Waals surface area (Å²) in [6.45, 7) is 6.33. The predicted molar refractivity (Wildman–Crippen MR) is 74.4 cm³/mol. The fraction of sp³-hybridized carbons (Fsp3) is 0.500. The van der Waals surface area contributed by atoms with Crippen molar-refractivity contribution in [1.82, 2.24) is 14.1 Å². The minimum absolute atomic E-state index is 0.0512. The molecule has 0 spiro atoms. The van der Waals surface area contributed by atoms with Crippen molar-refractivity contribution in [3.8, 4) is 0 Å². The van der Waals surface area contributed by atoms with Crippen molar-refractivity contribution in [1.29, 1.82) is 0 Å². The highest BCUT2D eigenvalue weighted by molar-refractivity contribution is 7.15. The van der Waals surface area contributed by atoms with Crippen LogP contribution in [0.4, 0.5) is 5.13 Å². The second kappa shape index (κ2) is 5.86. The molecule has 0 atom stereocenters. The average Bonchev–Trinajstić information content (AvgIpc) is 2.92. The van der Waals surface area contributed by atoms with Gasteiger partial charge in [0.2, 0.25) is 0 Å². The highest BCUT2D eigenvalue weighted by Crippen LogP contribution is 2.18. The summed E-state index contributed by atoms with van der Waals surface area (Å²) in [5.41, 5.74) is 0.0512. The molecule has 2 heterocycles. The van der Waals surface area contributed by atoms with E-state index in [4.69, 9.17) is 0 Å². The summed E-state index contributed by atoms with van der Waals surface area (Å²) in [6.07, 6.45) is 6.48. The number of nitrogens with zero attached hydrogens (tertiary/aromatic N) is 3. The first-order valence-electron chi connectivity index (χ1n) is 6.18. The Morgan fingerprint density at radius 3 is 2.83 bits per heavy atom. The smallest absolute Gasteiger partial charge is 0.328 e. The molecule has 0 aliphatic rings. The fourth-order valence-corrected chi connectivity index (χ4v) is 2.65. The van der Waals surface area contributed by atoms with Crippen molar-refractivity contribution in [3.63, 3.8) is 0 Å². The van der Waals surface area contributed by atoms with Gasteiger partial charge in [0.15, 0.2) is 5.13 Å². The maximum Gasteiger partial charge on any atom is 0.328 e. The molecule has 0 radical (unpaired) electrons. The van der Waals surface area contributed by atoms with Crippen molar-refractivity contribution in [2.75, 3.05) is 11.9 Å². The first-order chi connectivity index (χ1) is 8.74. The van der Waals surface area contributed by atoms with Crippen LogP contribution in [-0.4, -0.2) is 20.7 Å². The van der Waals surface area contributed by atoms with Crippen LogP contribution in [-0.2, 0) is 13.1 Å². The summed E-state index contributed by atoms with van der Waals surface area (Å²) in [6, 6.07) is 0. The Bertz CT molecular complexity index is 554. The maximum absolute atomic E-state index is 12.0. The Morgan fingerprint density at radius 1 is 1.33 bits per heavy atom. The normalized spacial score (nSPS) is 10.8. The van der Waals surface area contributed by atoms with Crippen molar-refractivity contribution in [2.24, 2.45) is 0 Å². The zero-order chi connectivity index (χ0) is 13.0. The molecule has 0 saturated carbocycles. The molecule has 0 amide bonds. The second-order valence-corrected chi connectivity index (χ2v) is 5.18. The van der Waals surface area contributed by atoms with Gasteiger partial charge in [-0.05, 0) is 13.3 Å².